The topological polar surface area (TPSA) is 34.0 Å². The van der Waals surface area contributed by atoms with E-state index in [9.17, 15) is 4.79 Å². The van der Waals surface area contributed by atoms with Gasteiger partial charge in [0.15, 0.2) is 0 Å². The monoisotopic (exact) mass is 318 g/mol. The van der Waals surface area contributed by atoms with Crippen molar-refractivity contribution in [3.8, 4) is 0 Å². The summed E-state index contributed by atoms with van der Waals surface area (Å²) in [5.41, 5.74) is 4.38. The minimum atomic E-state index is -0.00773. The molecule has 3 rings (SSSR count). The molecule has 0 spiro atoms. The van der Waals surface area contributed by atoms with Gasteiger partial charge in [0.2, 0.25) is 5.91 Å². The van der Waals surface area contributed by atoms with E-state index < -0.39 is 0 Å². The Balaban J connectivity index is 1.81. The minimum Gasteiger partial charge on any atom is -0.346 e. The van der Waals surface area contributed by atoms with E-state index in [0.29, 0.717) is 6.42 Å². The number of aryl methyl sites for hydroxylation is 2. The molecule has 0 saturated heterocycles. The van der Waals surface area contributed by atoms with Gasteiger partial charge in [-0.25, -0.2) is 0 Å². The molecule has 0 bridgehead atoms. The number of amides is 1. The molecule has 1 unspecified atom stereocenters. The van der Waals surface area contributed by atoms with Gasteiger partial charge in [-0.1, -0.05) is 42.0 Å². The van der Waals surface area contributed by atoms with Crippen LogP contribution >= 0.6 is 0 Å². The van der Waals surface area contributed by atoms with Crippen LogP contribution in [-0.4, -0.2) is 10.5 Å². The normalized spacial score (nSPS) is 11.9. The standard InChI is InChI=1S/C21H22N2O/c1-16-9-11-18(12-10-16)22-21(24)15-20(23-13-5-6-14-23)19-8-4-3-7-17(19)2/h3-14,20H,15H2,1-2H3,(H,22,24). The summed E-state index contributed by atoms with van der Waals surface area (Å²) < 4.78 is 2.09. The van der Waals surface area contributed by atoms with Crippen LogP contribution in [0, 0.1) is 13.8 Å². The molecule has 24 heavy (non-hydrogen) atoms. The molecule has 3 nitrogen and oxygen atoms in total. The highest BCUT2D eigenvalue weighted by atomic mass is 16.1. The molecule has 2 aromatic carbocycles. The first kappa shape index (κ1) is 16.1. The van der Waals surface area contributed by atoms with Crippen molar-refractivity contribution < 1.29 is 4.79 Å². The Hall–Kier alpha value is -2.81. The van der Waals surface area contributed by atoms with Crippen LogP contribution < -0.4 is 5.32 Å². The van der Waals surface area contributed by atoms with Crippen molar-refractivity contribution >= 4 is 11.6 Å². The summed E-state index contributed by atoms with van der Waals surface area (Å²) in [7, 11) is 0. The van der Waals surface area contributed by atoms with Crippen molar-refractivity contribution in [3.05, 3.63) is 89.7 Å². The highest BCUT2D eigenvalue weighted by Crippen LogP contribution is 2.26. The lowest BCUT2D eigenvalue weighted by molar-refractivity contribution is -0.116. The van der Waals surface area contributed by atoms with E-state index in [-0.39, 0.29) is 11.9 Å². The van der Waals surface area contributed by atoms with Crippen molar-refractivity contribution in [1.82, 2.24) is 4.57 Å². The first-order chi connectivity index (χ1) is 11.6. The third-order valence-electron chi connectivity index (χ3n) is 4.25. The molecule has 1 N–H and O–H groups in total. The fraction of sp³-hybridized carbons (Fsp3) is 0.190. The zero-order valence-corrected chi connectivity index (χ0v) is 14.1. The molecule has 3 aromatic rings. The fourth-order valence-electron chi connectivity index (χ4n) is 2.92. The van der Waals surface area contributed by atoms with Gasteiger partial charge >= 0.3 is 0 Å². The van der Waals surface area contributed by atoms with Gasteiger partial charge in [0.25, 0.3) is 0 Å². The second-order valence-electron chi connectivity index (χ2n) is 6.12. The van der Waals surface area contributed by atoms with Crippen LogP contribution in [0.15, 0.2) is 73.1 Å². The van der Waals surface area contributed by atoms with Crippen molar-refractivity contribution in [1.29, 1.82) is 0 Å². The Labute approximate surface area is 143 Å². The van der Waals surface area contributed by atoms with Crippen LogP contribution in [0.5, 0.6) is 0 Å². The molecule has 1 heterocycles. The summed E-state index contributed by atoms with van der Waals surface area (Å²) in [6.07, 6.45) is 4.42. The molecule has 0 aliphatic carbocycles. The minimum absolute atomic E-state index is 0.00773. The van der Waals surface area contributed by atoms with E-state index >= 15 is 0 Å². The smallest absolute Gasteiger partial charge is 0.226 e. The van der Waals surface area contributed by atoms with E-state index in [1.165, 1.54) is 16.7 Å². The molecule has 1 atom stereocenters. The van der Waals surface area contributed by atoms with Gasteiger partial charge in [0, 0.05) is 18.1 Å². The van der Waals surface area contributed by atoms with Gasteiger partial charge < -0.3 is 9.88 Å². The SMILES string of the molecule is Cc1ccc(NC(=O)CC(c2ccccc2C)n2cccc2)cc1. The van der Waals surface area contributed by atoms with E-state index in [1.807, 2.05) is 67.8 Å². The summed E-state index contributed by atoms with van der Waals surface area (Å²) in [6.45, 7) is 4.12. The predicted octanol–water partition coefficient (Wildman–Crippen LogP) is 4.72. The maximum atomic E-state index is 12.6. The molecule has 1 aromatic heterocycles. The molecule has 1 amide bonds. The molecule has 0 saturated carbocycles. The lowest BCUT2D eigenvalue weighted by Gasteiger charge is -2.21. The summed E-state index contributed by atoms with van der Waals surface area (Å²) >= 11 is 0. The Kier molecular flexibility index (Phi) is 4.80. The maximum Gasteiger partial charge on any atom is 0.226 e. The summed E-state index contributed by atoms with van der Waals surface area (Å²) in [4.78, 5) is 12.6. The average Bonchev–Trinajstić information content (AvgIpc) is 3.10. The Morgan fingerprint density at radius 1 is 0.958 bits per heavy atom. The number of nitrogens with one attached hydrogen (secondary N) is 1. The van der Waals surface area contributed by atoms with Gasteiger partial charge in [-0.3, -0.25) is 4.79 Å². The largest absolute Gasteiger partial charge is 0.346 e. The van der Waals surface area contributed by atoms with Gasteiger partial charge in [-0.05, 0) is 49.2 Å². The Bertz CT molecular complexity index is 804. The fourth-order valence-corrected chi connectivity index (χ4v) is 2.92. The number of carbonyl (C=O) groups is 1. The van der Waals surface area contributed by atoms with Gasteiger partial charge in [-0.15, -0.1) is 0 Å². The molecular formula is C21H22N2O. The van der Waals surface area contributed by atoms with Crippen LogP contribution in [0.3, 0.4) is 0 Å². The molecule has 0 fully saturated rings. The molecule has 3 heteroatoms. The van der Waals surface area contributed by atoms with Crippen LogP contribution in [0.4, 0.5) is 5.69 Å². The summed E-state index contributed by atoms with van der Waals surface area (Å²) in [5.74, 6) is 0.0146. The van der Waals surface area contributed by atoms with Crippen LogP contribution in [0.1, 0.15) is 29.2 Å². The van der Waals surface area contributed by atoms with Crippen LogP contribution in [-0.2, 0) is 4.79 Å². The number of hydrogen-bond acceptors (Lipinski definition) is 1. The Morgan fingerprint density at radius 3 is 2.29 bits per heavy atom. The third kappa shape index (κ3) is 3.74. The highest BCUT2D eigenvalue weighted by Gasteiger charge is 2.19. The van der Waals surface area contributed by atoms with Gasteiger partial charge in [0.1, 0.15) is 0 Å². The van der Waals surface area contributed by atoms with E-state index in [4.69, 9.17) is 0 Å². The van der Waals surface area contributed by atoms with Crippen LogP contribution in [0.2, 0.25) is 0 Å². The molecule has 0 aliphatic heterocycles. The summed E-state index contributed by atoms with van der Waals surface area (Å²) in [6, 6.07) is 20.1. The predicted molar refractivity (Wildman–Crippen MR) is 98.2 cm³/mol. The number of benzene rings is 2. The first-order valence-electron chi connectivity index (χ1n) is 8.18. The number of aromatic nitrogens is 1. The number of hydrogen-bond donors (Lipinski definition) is 1. The molecular weight excluding hydrogens is 296 g/mol. The molecule has 0 radical (unpaired) electrons. The maximum absolute atomic E-state index is 12.6. The number of nitrogens with zero attached hydrogens (tertiary/aromatic N) is 1. The van der Waals surface area contributed by atoms with Gasteiger partial charge in [-0.2, -0.15) is 0 Å². The lowest BCUT2D eigenvalue weighted by atomic mass is 9.98. The zero-order chi connectivity index (χ0) is 16.9. The second-order valence-corrected chi connectivity index (χ2v) is 6.12. The van der Waals surface area contributed by atoms with Crippen LogP contribution in [0.25, 0.3) is 0 Å². The number of rotatable bonds is 5. The van der Waals surface area contributed by atoms with E-state index in [2.05, 4.69) is 28.9 Å². The average molecular weight is 318 g/mol. The van der Waals surface area contributed by atoms with Crippen molar-refractivity contribution in [2.75, 3.05) is 5.32 Å². The Morgan fingerprint density at radius 2 is 1.62 bits per heavy atom. The lowest BCUT2D eigenvalue weighted by Crippen LogP contribution is -2.20. The van der Waals surface area contributed by atoms with E-state index in [1.54, 1.807) is 0 Å². The summed E-state index contributed by atoms with van der Waals surface area (Å²) in [5, 5.41) is 3.00. The van der Waals surface area contributed by atoms with Crippen molar-refractivity contribution in [2.45, 2.75) is 26.3 Å². The highest BCUT2D eigenvalue weighted by molar-refractivity contribution is 5.91. The van der Waals surface area contributed by atoms with Crippen molar-refractivity contribution in [3.63, 3.8) is 0 Å². The van der Waals surface area contributed by atoms with Gasteiger partial charge in [0.05, 0.1) is 12.5 Å². The number of carbonyl (C=O) groups excluding carboxylic acids is 1. The third-order valence-corrected chi connectivity index (χ3v) is 4.25. The van der Waals surface area contributed by atoms with E-state index in [0.717, 1.165) is 5.69 Å². The number of anilines is 1. The second kappa shape index (κ2) is 7.18. The van der Waals surface area contributed by atoms with Crippen molar-refractivity contribution in [2.24, 2.45) is 0 Å². The first-order valence-corrected chi connectivity index (χ1v) is 8.18. The molecule has 0 aliphatic rings. The zero-order valence-electron chi connectivity index (χ0n) is 14.1. The molecule has 122 valence electrons. The quantitative estimate of drug-likeness (QED) is 0.725.